The molecule has 0 heterocycles. The maximum absolute atomic E-state index is 2.41. The van der Waals surface area contributed by atoms with Crippen LogP contribution in [0.1, 0.15) is 65.2 Å². The summed E-state index contributed by atoms with van der Waals surface area (Å²) in [5, 5.41) is 0. The highest BCUT2D eigenvalue weighted by Crippen LogP contribution is 2.31. The summed E-state index contributed by atoms with van der Waals surface area (Å²) in [6, 6.07) is 0. The Morgan fingerprint density at radius 1 is 1.00 bits per heavy atom. The summed E-state index contributed by atoms with van der Waals surface area (Å²) in [6.45, 7) is 4.70. The van der Waals surface area contributed by atoms with Crippen molar-refractivity contribution in [1.82, 2.24) is 0 Å². The summed E-state index contributed by atoms with van der Waals surface area (Å²) >= 11 is 0. The van der Waals surface area contributed by atoms with Gasteiger partial charge in [0.1, 0.15) is 0 Å². The molecule has 1 rings (SSSR count). The molecule has 0 amide bonds. The van der Waals surface area contributed by atoms with Crippen molar-refractivity contribution in [3.63, 3.8) is 0 Å². The van der Waals surface area contributed by atoms with E-state index >= 15 is 0 Å². The van der Waals surface area contributed by atoms with Gasteiger partial charge in [-0.15, -0.1) is 0 Å². The topological polar surface area (TPSA) is 0 Å². The Morgan fingerprint density at radius 2 is 1.67 bits per heavy atom. The Bertz CT molecular complexity index is 98.6. The summed E-state index contributed by atoms with van der Waals surface area (Å²) in [4.78, 5) is 0. The van der Waals surface area contributed by atoms with Gasteiger partial charge in [0.2, 0.25) is 0 Å². The van der Waals surface area contributed by atoms with Crippen LogP contribution < -0.4 is 0 Å². The van der Waals surface area contributed by atoms with E-state index in [-0.39, 0.29) is 0 Å². The van der Waals surface area contributed by atoms with E-state index in [9.17, 15) is 0 Å². The van der Waals surface area contributed by atoms with Crippen molar-refractivity contribution in [2.45, 2.75) is 65.2 Å². The SMILES string of the molecule is CCCCC[C@H]1CC[C@H](C)CC1. The van der Waals surface area contributed by atoms with Gasteiger partial charge in [0.25, 0.3) is 0 Å². The monoisotopic (exact) mass is 168 g/mol. The standard InChI is InChI=1S/C12H24/c1-3-4-5-6-12-9-7-11(2)8-10-12/h11-12H,3-10H2,1-2H3/t11-,12-. The van der Waals surface area contributed by atoms with Crippen molar-refractivity contribution in [2.24, 2.45) is 11.8 Å². The zero-order valence-electron chi connectivity index (χ0n) is 8.81. The second-order valence-electron chi connectivity index (χ2n) is 4.62. The van der Waals surface area contributed by atoms with Crippen LogP contribution in [0.4, 0.5) is 0 Å². The first kappa shape index (κ1) is 10.1. The molecule has 12 heavy (non-hydrogen) atoms. The maximum Gasteiger partial charge on any atom is -0.0414 e. The van der Waals surface area contributed by atoms with Crippen molar-refractivity contribution in [2.75, 3.05) is 0 Å². The molecule has 1 fully saturated rings. The molecule has 0 aromatic rings. The molecule has 0 radical (unpaired) electrons. The smallest absolute Gasteiger partial charge is 0.0414 e. The summed E-state index contributed by atoms with van der Waals surface area (Å²) in [7, 11) is 0. The van der Waals surface area contributed by atoms with Crippen LogP contribution in [0, 0.1) is 11.8 Å². The lowest BCUT2D eigenvalue weighted by Gasteiger charge is -2.25. The largest absolute Gasteiger partial charge is 0.0654 e. The summed E-state index contributed by atoms with van der Waals surface area (Å²) < 4.78 is 0. The van der Waals surface area contributed by atoms with E-state index in [4.69, 9.17) is 0 Å². The maximum atomic E-state index is 2.41. The van der Waals surface area contributed by atoms with Crippen LogP contribution in [-0.4, -0.2) is 0 Å². The molecule has 1 aliphatic carbocycles. The van der Waals surface area contributed by atoms with Crippen LogP contribution in [-0.2, 0) is 0 Å². The molecule has 1 saturated carbocycles. The van der Waals surface area contributed by atoms with Gasteiger partial charge in [0.15, 0.2) is 0 Å². The van der Waals surface area contributed by atoms with Gasteiger partial charge in [-0.1, -0.05) is 65.2 Å². The highest BCUT2D eigenvalue weighted by Gasteiger charge is 2.17. The van der Waals surface area contributed by atoms with Crippen molar-refractivity contribution in [3.05, 3.63) is 0 Å². The molecule has 0 N–H and O–H groups in total. The van der Waals surface area contributed by atoms with E-state index in [1.165, 1.54) is 51.4 Å². The van der Waals surface area contributed by atoms with Gasteiger partial charge < -0.3 is 0 Å². The van der Waals surface area contributed by atoms with Gasteiger partial charge in [-0.3, -0.25) is 0 Å². The van der Waals surface area contributed by atoms with Crippen LogP contribution in [0.25, 0.3) is 0 Å². The van der Waals surface area contributed by atoms with Crippen LogP contribution in [0.3, 0.4) is 0 Å². The summed E-state index contributed by atoms with van der Waals surface area (Å²) in [5.74, 6) is 2.11. The predicted molar refractivity (Wildman–Crippen MR) is 55.3 cm³/mol. The van der Waals surface area contributed by atoms with Gasteiger partial charge in [-0.05, 0) is 11.8 Å². The van der Waals surface area contributed by atoms with Crippen LogP contribution in [0.15, 0.2) is 0 Å². The van der Waals surface area contributed by atoms with E-state index < -0.39 is 0 Å². The minimum absolute atomic E-state index is 1.02. The molecule has 1 aliphatic rings. The molecular weight excluding hydrogens is 144 g/mol. The van der Waals surface area contributed by atoms with Gasteiger partial charge >= 0.3 is 0 Å². The Balaban J connectivity index is 2.01. The first-order chi connectivity index (χ1) is 5.83. The zero-order valence-corrected chi connectivity index (χ0v) is 8.81. The van der Waals surface area contributed by atoms with E-state index in [2.05, 4.69) is 13.8 Å². The van der Waals surface area contributed by atoms with Crippen molar-refractivity contribution < 1.29 is 0 Å². The van der Waals surface area contributed by atoms with Crippen molar-refractivity contribution in [1.29, 1.82) is 0 Å². The lowest BCUT2D eigenvalue weighted by Crippen LogP contribution is -2.11. The van der Waals surface area contributed by atoms with Crippen LogP contribution in [0.5, 0.6) is 0 Å². The average Bonchev–Trinajstić information content (AvgIpc) is 2.09. The number of rotatable bonds is 4. The fraction of sp³-hybridized carbons (Fsp3) is 1.00. The zero-order chi connectivity index (χ0) is 8.81. The van der Waals surface area contributed by atoms with E-state index in [1.54, 1.807) is 0 Å². The minimum atomic E-state index is 1.02. The van der Waals surface area contributed by atoms with Crippen molar-refractivity contribution in [3.8, 4) is 0 Å². The molecule has 0 spiro atoms. The first-order valence-corrected chi connectivity index (χ1v) is 5.83. The van der Waals surface area contributed by atoms with Gasteiger partial charge in [-0.2, -0.15) is 0 Å². The molecule has 0 unspecified atom stereocenters. The summed E-state index contributed by atoms with van der Waals surface area (Å²) in [5.41, 5.74) is 0. The van der Waals surface area contributed by atoms with Gasteiger partial charge in [0.05, 0.1) is 0 Å². The lowest BCUT2D eigenvalue weighted by molar-refractivity contribution is 0.272. The molecule has 72 valence electrons. The Morgan fingerprint density at radius 3 is 2.25 bits per heavy atom. The van der Waals surface area contributed by atoms with E-state index in [0.29, 0.717) is 0 Å². The quantitative estimate of drug-likeness (QED) is 0.546. The molecule has 0 aromatic carbocycles. The number of hydrogen-bond donors (Lipinski definition) is 0. The highest BCUT2D eigenvalue weighted by molar-refractivity contribution is 4.69. The van der Waals surface area contributed by atoms with E-state index in [0.717, 1.165) is 11.8 Å². The second kappa shape index (κ2) is 5.61. The third-order valence-electron chi connectivity index (χ3n) is 3.35. The molecule has 0 saturated heterocycles. The predicted octanol–water partition coefficient (Wildman–Crippen LogP) is 4.39. The molecule has 0 atom stereocenters. The molecule has 0 bridgehead atoms. The third-order valence-corrected chi connectivity index (χ3v) is 3.35. The molecule has 0 nitrogen and oxygen atoms in total. The Kier molecular flexibility index (Phi) is 4.72. The highest BCUT2D eigenvalue weighted by atomic mass is 14.2. The Hall–Kier alpha value is 0. The number of hydrogen-bond acceptors (Lipinski definition) is 0. The lowest BCUT2D eigenvalue weighted by atomic mass is 9.80. The molecule has 0 aromatic heterocycles. The van der Waals surface area contributed by atoms with Gasteiger partial charge in [0, 0.05) is 0 Å². The average molecular weight is 168 g/mol. The fourth-order valence-corrected chi connectivity index (χ4v) is 2.30. The number of unbranched alkanes of at least 4 members (excludes halogenated alkanes) is 2. The molecule has 0 aliphatic heterocycles. The third kappa shape index (κ3) is 3.60. The Labute approximate surface area is 77.7 Å². The molecular formula is C12H24. The van der Waals surface area contributed by atoms with Gasteiger partial charge in [-0.25, -0.2) is 0 Å². The van der Waals surface area contributed by atoms with Crippen molar-refractivity contribution >= 4 is 0 Å². The van der Waals surface area contributed by atoms with Crippen LogP contribution >= 0.6 is 0 Å². The second-order valence-corrected chi connectivity index (χ2v) is 4.62. The minimum Gasteiger partial charge on any atom is -0.0654 e. The normalized spacial score (nSPS) is 30.5. The van der Waals surface area contributed by atoms with Crippen LogP contribution in [0.2, 0.25) is 0 Å². The first-order valence-electron chi connectivity index (χ1n) is 5.83. The fourth-order valence-electron chi connectivity index (χ4n) is 2.30. The summed E-state index contributed by atoms with van der Waals surface area (Å²) in [6.07, 6.45) is 11.9. The van der Waals surface area contributed by atoms with E-state index in [1.807, 2.05) is 0 Å². The molecule has 0 heteroatoms.